The van der Waals surface area contributed by atoms with Crippen LogP contribution in [0.25, 0.3) is 0 Å². The van der Waals surface area contributed by atoms with Crippen LogP contribution >= 0.6 is 0 Å². The van der Waals surface area contributed by atoms with E-state index in [1.165, 1.54) is 0 Å². The van der Waals surface area contributed by atoms with Gasteiger partial charge >= 0.3 is 0 Å². The van der Waals surface area contributed by atoms with Crippen molar-refractivity contribution in [3.8, 4) is 0 Å². The highest BCUT2D eigenvalue weighted by atomic mass is 16.7. The average molecular weight is 124 g/mol. The molecular formula is C7H8O2. The highest BCUT2D eigenvalue weighted by Gasteiger charge is 2.64. The molecule has 0 bridgehead atoms. The Balaban J connectivity index is 2.40. The summed E-state index contributed by atoms with van der Waals surface area (Å²) in [6, 6.07) is 0. The van der Waals surface area contributed by atoms with Gasteiger partial charge in [0.1, 0.15) is 5.60 Å². The summed E-state index contributed by atoms with van der Waals surface area (Å²) in [5.74, 6) is -0.984. The van der Waals surface area contributed by atoms with Crippen LogP contribution in [0, 0.1) is 0 Å². The number of ether oxygens (including phenoxy) is 1. The quantitative estimate of drug-likeness (QED) is 0.479. The molecule has 1 heterocycles. The van der Waals surface area contributed by atoms with Gasteiger partial charge in [0.2, 0.25) is 5.79 Å². The molecule has 2 unspecified atom stereocenters. The Morgan fingerprint density at radius 3 is 2.44 bits per heavy atom. The van der Waals surface area contributed by atoms with Gasteiger partial charge in [-0.05, 0) is 19.1 Å². The molecule has 1 N–H and O–H groups in total. The molecule has 1 fully saturated rings. The van der Waals surface area contributed by atoms with Gasteiger partial charge in [-0.2, -0.15) is 0 Å². The third kappa shape index (κ3) is 0.471. The summed E-state index contributed by atoms with van der Waals surface area (Å²) in [5.41, 5.74) is -0.429. The molecule has 9 heavy (non-hydrogen) atoms. The highest BCUT2D eigenvalue weighted by Crippen LogP contribution is 2.49. The molecule has 1 aliphatic carbocycles. The van der Waals surface area contributed by atoms with Gasteiger partial charge in [-0.15, -0.1) is 0 Å². The second-order valence-electron chi connectivity index (χ2n) is 2.62. The summed E-state index contributed by atoms with van der Waals surface area (Å²) >= 11 is 0. The molecule has 48 valence electrons. The van der Waals surface area contributed by atoms with Gasteiger partial charge in [-0.25, -0.2) is 0 Å². The van der Waals surface area contributed by atoms with Crippen LogP contribution < -0.4 is 0 Å². The summed E-state index contributed by atoms with van der Waals surface area (Å²) in [5, 5.41) is 9.35. The van der Waals surface area contributed by atoms with Crippen LogP contribution in [0.5, 0.6) is 0 Å². The molecule has 1 aliphatic heterocycles. The van der Waals surface area contributed by atoms with Gasteiger partial charge in [0.05, 0.1) is 0 Å². The maximum Gasteiger partial charge on any atom is 0.220 e. The van der Waals surface area contributed by atoms with Crippen LogP contribution in [-0.4, -0.2) is 16.5 Å². The van der Waals surface area contributed by atoms with Crippen molar-refractivity contribution in [3.63, 3.8) is 0 Å². The topological polar surface area (TPSA) is 32.8 Å². The summed E-state index contributed by atoms with van der Waals surface area (Å²) in [6.45, 7) is 1.85. The van der Waals surface area contributed by atoms with E-state index in [2.05, 4.69) is 0 Å². The van der Waals surface area contributed by atoms with Crippen molar-refractivity contribution in [2.24, 2.45) is 0 Å². The molecule has 0 aromatic carbocycles. The average Bonchev–Trinajstić information content (AvgIpc) is 2.33. The Morgan fingerprint density at radius 2 is 2.00 bits per heavy atom. The second-order valence-corrected chi connectivity index (χ2v) is 2.62. The van der Waals surface area contributed by atoms with Gasteiger partial charge in [-0.1, -0.05) is 12.2 Å². The lowest BCUT2D eigenvalue weighted by molar-refractivity contribution is 0.0825. The Bertz CT molecular complexity index is 185. The zero-order valence-electron chi connectivity index (χ0n) is 5.16. The molecule has 2 aliphatic rings. The third-order valence-electron chi connectivity index (χ3n) is 1.88. The normalized spacial score (nSPS) is 53.1. The largest absolute Gasteiger partial charge is 0.360 e. The number of allylic oxidation sites excluding steroid dienone is 2. The van der Waals surface area contributed by atoms with Gasteiger partial charge in [0.15, 0.2) is 0 Å². The molecule has 0 aromatic heterocycles. The smallest absolute Gasteiger partial charge is 0.220 e. The van der Waals surface area contributed by atoms with Crippen molar-refractivity contribution in [3.05, 3.63) is 24.3 Å². The lowest BCUT2D eigenvalue weighted by Crippen LogP contribution is -2.19. The summed E-state index contributed by atoms with van der Waals surface area (Å²) in [7, 11) is 0. The Kier molecular flexibility index (Phi) is 0.652. The summed E-state index contributed by atoms with van der Waals surface area (Å²) in [6.07, 6.45) is 7.18. The fourth-order valence-electron chi connectivity index (χ4n) is 1.08. The van der Waals surface area contributed by atoms with Crippen LogP contribution in [0.3, 0.4) is 0 Å². The fraction of sp³-hybridized carbons (Fsp3) is 0.429. The van der Waals surface area contributed by atoms with Gasteiger partial charge < -0.3 is 9.84 Å². The lowest BCUT2D eigenvalue weighted by atomic mass is 10.0. The van der Waals surface area contributed by atoms with Crippen molar-refractivity contribution in [1.29, 1.82) is 0 Å². The van der Waals surface area contributed by atoms with Crippen molar-refractivity contribution in [2.75, 3.05) is 0 Å². The van der Waals surface area contributed by atoms with E-state index in [1.807, 2.05) is 19.1 Å². The molecule has 2 rings (SSSR count). The molecule has 0 aromatic rings. The molecule has 1 saturated heterocycles. The molecule has 2 nitrogen and oxygen atoms in total. The van der Waals surface area contributed by atoms with Gasteiger partial charge in [0, 0.05) is 0 Å². The van der Waals surface area contributed by atoms with Crippen LogP contribution in [0.4, 0.5) is 0 Å². The molecule has 0 spiro atoms. The van der Waals surface area contributed by atoms with E-state index in [1.54, 1.807) is 12.2 Å². The Hall–Kier alpha value is -0.600. The van der Waals surface area contributed by atoms with Crippen molar-refractivity contribution in [2.45, 2.75) is 18.3 Å². The van der Waals surface area contributed by atoms with E-state index in [9.17, 15) is 5.11 Å². The van der Waals surface area contributed by atoms with E-state index in [-0.39, 0.29) is 0 Å². The number of aliphatic hydroxyl groups is 1. The second kappa shape index (κ2) is 1.13. The predicted octanol–water partition coefficient (Wildman–Crippen LogP) is 0.590. The Labute approximate surface area is 53.4 Å². The van der Waals surface area contributed by atoms with Crippen molar-refractivity contribution >= 4 is 0 Å². The Morgan fingerprint density at radius 1 is 1.33 bits per heavy atom. The first-order valence-electron chi connectivity index (χ1n) is 2.96. The van der Waals surface area contributed by atoms with Crippen LogP contribution in [-0.2, 0) is 4.74 Å². The van der Waals surface area contributed by atoms with Crippen LogP contribution in [0.15, 0.2) is 24.3 Å². The van der Waals surface area contributed by atoms with Crippen LogP contribution in [0.2, 0.25) is 0 Å². The maximum absolute atomic E-state index is 9.35. The first-order chi connectivity index (χ1) is 4.16. The minimum Gasteiger partial charge on any atom is -0.360 e. The minimum atomic E-state index is -0.984. The van der Waals surface area contributed by atoms with E-state index in [0.717, 1.165) is 0 Å². The summed E-state index contributed by atoms with van der Waals surface area (Å²) in [4.78, 5) is 0. The molecule has 0 amide bonds. The van der Waals surface area contributed by atoms with Gasteiger partial charge in [-0.3, -0.25) is 0 Å². The molecule has 2 heteroatoms. The minimum absolute atomic E-state index is 0.429. The monoisotopic (exact) mass is 124 g/mol. The first kappa shape index (κ1) is 5.21. The number of hydrogen-bond acceptors (Lipinski definition) is 2. The van der Waals surface area contributed by atoms with E-state index in [4.69, 9.17) is 4.74 Å². The first-order valence-corrected chi connectivity index (χ1v) is 2.96. The molecule has 0 radical (unpaired) electrons. The zero-order valence-corrected chi connectivity index (χ0v) is 5.16. The van der Waals surface area contributed by atoms with Crippen molar-refractivity contribution in [1.82, 2.24) is 0 Å². The van der Waals surface area contributed by atoms with Gasteiger partial charge in [0.25, 0.3) is 0 Å². The maximum atomic E-state index is 9.35. The zero-order chi connectivity index (χ0) is 6.54. The van der Waals surface area contributed by atoms with Crippen molar-refractivity contribution < 1.29 is 9.84 Å². The summed E-state index contributed by atoms with van der Waals surface area (Å²) < 4.78 is 5.03. The fourth-order valence-corrected chi connectivity index (χ4v) is 1.08. The predicted molar refractivity (Wildman–Crippen MR) is 32.7 cm³/mol. The lowest BCUT2D eigenvalue weighted by Gasteiger charge is -2.04. The van der Waals surface area contributed by atoms with E-state index in [0.29, 0.717) is 0 Å². The highest BCUT2D eigenvalue weighted by molar-refractivity contribution is 5.33. The molecule has 0 saturated carbocycles. The standard InChI is InChI=1S/C7H8O2/c1-6-4-2-3-5-7(6,8)9-6/h2-5,8H,1H3. The molecular weight excluding hydrogens is 116 g/mol. The number of epoxide rings is 1. The number of fused-ring (bicyclic) bond motifs is 1. The SMILES string of the molecule is CC12C=CC=CC1(O)O2. The number of hydrogen-bond donors (Lipinski definition) is 1. The number of rotatable bonds is 0. The van der Waals surface area contributed by atoms with E-state index < -0.39 is 11.4 Å². The third-order valence-corrected chi connectivity index (χ3v) is 1.88. The van der Waals surface area contributed by atoms with Crippen LogP contribution in [0.1, 0.15) is 6.92 Å². The van der Waals surface area contributed by atoms with E-state index >= 15 is 0 Å². The molecule has 2 atom stereocenters.